The third-order valence-corrected chi connectivity index (χ3v) is 5.14. The number of hydrogen-bond donors (Lipinski definition) is 1. The molecule has 2 heterocycles. The van der Waals surface area contributed by atoms with Crippen molar-refractivity contribution >= 4 is 34.1 Å². The van der Waals surface area contributed by atoms with Crippen LogP contribution in [0.2, 0.25) is 0 Å². The van der Waals surface area contributed by atoms with Gasteiger partial charge in [-0.05, 0) is 43.2 Å². The van der Waals surface area contributed by atoms with Gasteiger partial charge in [0.1, 0.15) is 16.6 Å². The molecular weight excluding hydrogens is 404 g/mol. The molecule has 30 heavy (non-hydrogen) atoms. The van der Waals surface area contributed by atoms with Gasteiger partial charge < -0.3 is 4.57 Å². The lowest BCUT2D eigenvalue weighted by Gasteiger charge is -2.10. The van der Waals surface area contributed by atoms with Gasteiger partial charge in [-0.25, -0.2) is 0 Å². The fraction of sp³-hybridized carbons (Fsp3) is 0.200. The molecule has 9 nitrogen and oxygen atoms in total. The Bertz CT molecular complexity index is 1170. The summed E-state index contributed by atoms with van der Waals surface area (Å²) in [4.78, 5) is 23.0. The second-order valence-corrected chi connectivity index (χ2v) is 7.47. The lowest BCUT2D eigenvalue weighted by molar-refractivity contribution is -0.384. The summed E-state index contributed by atoms with van der Waals surface area (Å²) in [7, 11) is 0. The number of nitrogens with one attached hydrogen (secondary N) is 1. The number of benzene rings is 1. The minimum absolute atomic E-state index is 0.00269. The molecule has 0 fully saturated rings. The first-order valence-corrected chi connectivity index (χ1v) is 9.93. The van der Waals surface area contributed by atoms with Crippen molar-refractivity contribution in [3.8, 4) is 11.8 Å². The largest absolute Gasteiger partial charge is 0.317 e. The third kappa shape index (κ3) is 4.59. The number of nitro benzene ring substituents is 1. The Kier molecular flexibility index (Phi) is 6.34. The molecule has 0 unspecified atom stereocenters. The van der Waals surface area contributed by atoms with Gasteiger partial charge in [-0.2, -0.15) is 5.26 Å². The molecular formula is C20H18N6O3S. The maximum absolute atomic E-state index is 12.5. The summed E-state index contributed by atoms with van der Waals surface area (Å²) >= 11 is 1.28. The van der Waals surface area contributed by atoms with Crippen molar-refractivity contribution in [3.05, 3.63) is 68.5 Å². The zero-order valence-corrected chi connectivity index (χ0v) is 17.1. The van der Waals surface area contributed by atoms with E-state index in [9.17, 15) is 20.2 Å². The van der Waals surface area contributed by atoms with Gasteiger partial charge in [0.05, 0.1) is 4.92 Å². The van der Waals surface area contributed by atoms with Crippen LogP contribution in [0.4, 0.5) is 10.8 Å². The van der Waals surface area contributed by atoms with E-state index in [2.05, 4.69) is 15.5 Å². The average molecular weight is 422 g/mol. The van der Waals surface area contributed by atoms with Crippen molar-refractivity contribution in [1.82, 2.24) is 14.8 Å². The lowest BCUT2D eigenvalue weighted by Crippen LogP contribution is -2.13. The summed E-state index contributed by atoms with van der Waals surface area (Å²) in [6, 6.07) is 9.95. The molecule has 0 aliphatic heterocycles. The molecule has 10 heteroatoms. The van der Waals surface area contributed by atoms with Crippen molar-refractivity contribution in [3.63, 3.8) is 0 Å². The zero-order valence-electron chi connectivity index (χ0n) is 16.3. The molecule has 0 saturated carbocycles. The topological polar surface area (TPSA) is 127 Å². The number of nitro groups is 1. The Balaban J connectivity index is 1.87. The van der Waals surface area contributed by atoms with Crippen molar-refractivity contribution < 1.29 is 9.72 Å². The smallest absolute Gasteiger partial charge is 0.269 e. The molecule has 0 bridgehead atoms. The van der Waals surface area contributed by atoms with Gasteiger partial charge in [0, 0.05) is 36.1 Å². The second-order valence-electron chi connectivity index (χ2n) is 6.41. The fourth-order valence-electron chi connectivity index (χ4n) is 2.83. The molecule has 0 atom stereocenters. The van der Waals surface area contributed by atoms with E-state index in [0.717, 1.165) is 17.8 Å². The van der Waals surface area contributed by atoms with Gasteiger partial charge in [0.15, 0.2) is 0 Å². The van der Waals surface area contributed by atoms with E-state index >= 15 is 0 Å². The first kappa shape index (κ1) is 20.9. The maximum atomic E-state index is 12.5. The van der Waals surface area contributed by atoms with Gasteiger partial charge in [0.25, 0.3) is 11.6 Å². The Hall–Kier alpha value is -3.84. The van der Waals surface area contributed by atoms with Crippen LogP contribution in [0.3, 0.4) is 0 Å². The highest BCUT2D eigenvalue weighted by Crippen LogP contribution is 2.24. The Morgan fingerprint density at radius 2 is 2.20 bits per heavy atom. The number of anilines is 1. The number of carbonyl (C=O) groups is 1. The van der Waals surface area contributed by atoms with E-state index in [4.69, 9.17) is 0 Å². The van der Waals surface area contributed by atoms with Crippen molar-refractivity contribution in [2.24, 2.45) is 0 Å². The number of aryl methyl sites for hydroxylation is 2. The van der Waals surface area contributed by atoms with E-state index in [1.165, 1.54) is 29.5 Å². The molecule has 1 aromatic carbocycles. The lowest BCUT2D eigenvalue weighted by atomic mass is 10.1. The number of carbonyl (C=O) groups excluding carboxylic acids is 1. The number of nitrogens with zero attached hydrogens (tertiary/aromatic N) is 5. The summed E-state index contributed by atoms with van der Waals surface area (Å²) in [5.74, 6) is -0.579. The molecule has 1 amide bonds. The van der Waals surface area contributed by atoms with Crippen LogP contribution in [-0.2, 0) is 11.2 Å². The molecule has 0 aliphatic rings. The summed E-state index contributed by atoms with van der Waals surface area (Å²) in [5.41, 5.74) is 1.89. The summed E-state index contributed by atoms with van der Waals surface area (Å²) in [5, 5.41) is 32.1. The van der Waals surface area contributed by atoms with Crippen LogP contribution in [0.1, 0.15) is 29.6 Å². The molecule has 0 spiro atoms. The molecule has 2 aromatic heterocycles. The second kappa shape index (κ2) is 9.11. The SMILES string of the molecule is CCCc1nnc(NC(=O)/C(C#N)=C\c2cccn2-c2ccc([N+](=O)[O-])cc2C)s1. The van der Waals surface area contributed by atoms with Crippen LogP contribution in [0.15, 0.2) is 42.1 Å². The van der Waals surface area contributed by atoms with Crippen LogP contribution < -0.4 is 5.32 Å². The predicted octanol–water partition coefficient (Wildman–Crippen LogP) is 4.04. The van der Waals surface area contributed by atoms with E-state index < -0.39 is 10.8 Å². The highest BCUT2D eigenvalue weighted by molar-refractivity contribution is 7.15. The average Bonchev–Trinajstić information content (AvgIpc) is 3.35. The van der Waals surface area contributed by atoms with Crippen LogP contribution in [0, 0.1) is 28.4 Å². The minimum Gasteiger partial charge on any atom is -0.317 e. The van der Waals surface area contributed by atoms with E-state index in [1.807, 2.05) is 13.0 Å². The number of nitriles is 1. The summed E-state index contributed by atoms with van der Waals surface area (Å²) < 4.78 is 1.76. The quantitative estimate of drug-likeness (QED) is 0.265. The van der Waals surface area contributed by atoms with Crippen molar-refractivity contribution in [2.75, 3.05) is 5.32 Å². The monoisotopic (exact) mass is 422 g/mol. The van der Waals surface area contributed by atoms with Gasteiger partial charge in [-0.15, -0.1) is 10.2 Å². The van der Waals surface area contributed by atoms with Gasteiger partial charge in [0.2, 0.25) is 5.13 Å². The Labute approximate surface area is 176 Å². The fourth-order valence-corrected chi connectivity index (χ4v) is 3.67. The molecule has 0 saturated heterocycles. The van der Waals surface area contributed by atoms with Gasteiger partial charge in [-0.3, -0.25) is 20.2 Å². The number of hydrogen-bond acceptors (Lipinski definition) is 7. The zero-order chi connectivity index (χ0) is 21.7. The number of rotatable bonds is 7. The first-order valence-electron chi connectivity index (χ1n) is 9.11. The minimum atomic E-state index is -0.579. The highest BCUT2D eigenvalue weighted by Gasteiger charge is 2.15. The molecule has 152 valence electrons. The van der Waals surface area contributed by atoms with E-state index in [1.54, 1.807) is 35.9 Å². The van der Waals surface area contributed by atoms with Crippen molar-refractivity contribution in [2.45, 2.75) is 26.7 Å². The van der Waals surface area contributed by atoms with E-state index in [0.29, 0.717) is 22.1 Å². The summed E-state index contributed by atoms with van der Waals surface area (Å²) in [6.45, 7) is 3.79. The maximum Gasteiger partial charge on any atom is 0.269 e. The van der Waals surface area contributed by atoms with Gasteiger partial charge >= 0.3 is 0 Å². The normalized spacial score (nSPS) is 11.2. The third-order valence-electron chi connectivity index (χ3n) is 4.24. The van der Waals surface area contributed by atoms with Crippen LogP contribution in [0.25, 0.3) is 11.8 Å². The number of non-ortho nitro benzene ring substituents is 1. The molecule has 0 aliphatic carbocycles. The molecule has 0 radical (unpaired) electrons. The van der Waals surface area contributed by atoms with Crippen LogP contribution >= 0.6 is 11.3 Å². The molecule has 1 N–H and O–H groups in total. The Morgan fingerprint density at radius 1 is 1.40 bits per heavy atom. The van der Waals surface area contributed by atoms with Crippen LogP contribution in [0.5, 0.6) is 0 Å². The van der Waals surface area contributed by atoms with E-state index in [-0.39, 0.29) is 11.3 Å². The highest BCUT2D eigenvalue weighted by atomic mass is 32.1. The molecule has 3 rings (SSSR count). The molecule has 3 aromatic rings. The number of amides is 1. The van der Waals surface area contributed by atoms with Crippen LogP contribution in [-0.4, -0.2) is 25.6 Å². The summed E-state index contributed by atoms with van der Waals surface area (Å²) in [6.07, 6.45) is 4.92. The van der Waals surface area contributed by atoms with Gasteiger partial charge in [-0.1, -0.05) is 18.3 Å². The number of aromatic nitrogens is 3. The Morgan fingerprint density at radius 3 is 2.87 bits per heavy atom. The first-order chi connectivity index (χ1) is 14.4. The van der Waals surface area contributed by atoms with Crippen molar-refractivity contribution in [1.29, 1.82) is 5.26 Å². The standard InChI is InChI=1S/C20H18N6O3S/c1-3-5-18-23-24-20(30-18)22-19(27)14(12-21)11-15-6-4-9-25(15)17-8-7-16(26(28)29)10-13(17)2/h4,6-11H,3,5H2,1-2H3,(H,22,24,27)/b14-11-. The predicted molar refractivity (Wildman–Crippen MR) is 113 cm³/mol.